The molecule has 0 heterocycles. The first-order valence-corrected chi connectivity index (χ1v) is 7.14. The molecule has 0 radical (unpaired) electrons. The number of benzene rings is 1. The van der Waals surface area contributed by atoms with Crippen LogP contribution in [0.1, 0.15) is 51.6 Å². The van der Waals surface area contributed by atoms with Crippen molar-refractivity contribution in [3.05, 3.63) is 34.3 Å². The molecule has 1 atom stereocenters. The summed E-state index contributed by atoms with van der Waals surface area (Å²) in [6.45, 7) is 6.92. The van der Waals surface area contributed by atoms with Crippen LogP contribution in [0.4, 0.5) is 0 Å². The lowest BCUT2D eigenvalue weighted by molar-refractivity contribution is 0.347. The SMILES string of the molecule is CNC(CCCC(C)(C)C)c1ccc(Br)cc1. The molecule has 0 aliphatic rings. The number of rotatable bonds is 5. The molecule has 1 nitrogen and oxygen atoms in total. The van der Waals surface area contributed by atoms with E-state index in [2.05, 4.69) is 66.3 Å². The second-order valence-electron chi connectivity index (χ2n) is 5.85. The normalized spacial score (nSPS) is 13.7. The topological polar surface area (TPSA) is 12.0 Å². The first kappa shape index (κ1) is 14.7. The van der Waals surface area contributed by atoms with E-state index in [9.17, 15) is 0 Å². The van der Waals surface area contributed by atoms with E-state index in [1.165, 1.54) is 24.8 Å². The van der Waals surface area contributed by atoms with E-state index in [4.69, 9.17) is 0 Å². The Morgan fingerprint density at radius 2 is 1.76 bits per heavy atom. The summed E-state index contributed by atoms with van der Waals surface area (Å²) in [5.41, 5.74) is 1.82. The number of hydrogen-bond donors (Lipinski definition) is 1. The Hall–Kier alpha value is -0.340. The molecule has 0 spiro atoms. The molecule has 1 aromatic carbocycles. The highest BCUT2D eigenvalue weighted by molar-refractivity contribution is 9.10. The highest BCUT2D eigenvalue weighted by atomic mass is 79.9. The van der Waals surface area contributed by atoms with E-state index in [0.29, 0.717) is 11.5 Å². The summed E-state index contributed by atoms with van der Waals surface area (Å²) < 4.78 is 1.14. The lowest BCUT2D eigenvalue weighted by Crippen LogP contribution is -2.17. The zero-order chi connectivity index (χ0) is 12.9. The van der Waals surface area contributed by atoms with Gasteiger partial charge in [-0.3, -0.25) is 0 Å². The van der Waals surface area contributed by atoms with Crippen molar-refractivity contribution in [1.82, 2.24) is 5.32 Å². The van der Waals surface area contributed by atoms with Crippen LogP contribution in [0.3, 0.4) is 0 Å². The smallest absolute Gasteiger partial charge is 0.0317 e. The maximum atomic E-state index is 3.47. The summed E-state index contributed by atoms with van der Waals surface area (Å²) in [5.74, 6) is 0. The minimum Gasteiger partial charge on any atom is -0.313 e. The maximum absolute atomic E-state index is 3.47. The quantitative estimate of drug-likeness (QED) is 0.813. The van der Waals surface area contributed by atoms with Gasteiger partial charge in [-0.2, -0.15) is 0 Å². The molecule has 0 saturated heterocycles. The third-order valence-corrected chi connectivity index (χ3v) is 3.57. The molecular formula is C15H24BrN. The lowest BCUT2D eigenvalue weighted by Gasteiger charge is -2.21. The Morgan fingerprint density at radius 1 is 1.18 bits per heavy atom. The second kappa shape index (κ2) is 6.55. The highest BCUT2D eigenvalue weighted by Crippen LogP contribution is 2.26. The molecule has 0 fully saturated rings. The van der Waals surface area contributed by atoms with Gasteiger partial charge in [0.25, 0.3) is 0 Å². The number of nitrogens with one attached hydrogen (secondary N) is 1. The fraction of sp³-hybridized carbons (Fsp3) is 0.600. The molecule has 0 saturated carbocycles. The van der Waals surface area contributed by atoms with Gasteiger partial charge in [0, 0.05) is 10.5 Å². The third-order valence-electron chi connectivity index (χ3n) is 3.04. The molecule has 0 aromatic heterocycles. The Bertz CT molecular complexity index is 324. The molecule has 1 unspecified atom stereocenters. The molecular weight excluding hydrogens is 274 g/mol. The van der Waals surface area contributed by atoms with Crippen LogP contribution in [0.25, 0.3) is 0 Å². The summed E-state index contributed by atoms with van der Waals surface area (Å²) in [5, 5.41) is 3.41. The van der Waals surface area contributed by atoms with Crippen LogP contribution in [0.15, 0.2) is 28.7 Å². The first-order chi connectivity index (χ1) is 7.92. The minimum atomic E-state index is 0.442. The predicted octanol–water partition coefficient (Wildman–Crippen LogP) is 4.93. The predicted molar refractivity (Wildman–Crippen MR) is 79.2 cm³/mol. The molecule has 17 heavy (non-hydrogen) atoms. The molecule has 0 aliphatic heterocycles. The summed E-state index contributed by atoms with van der Waals surface area (Å²) in [6.07, 6.45) is 3.75. The van der Waals surface area contributed by atoms with Crippen molar-refractivity contribution in [2.75, 3.05) is 7.05 Å². The van der Waals surface area contributed by atoms with Crippen molar-refractivity contribution >= 4 is 15.9 Å². The van der Waals surface area contributed by atoms with Crippen LogP contribution in [-0.2, 0) is 0 Å². The number of hydrogen-bond acceptors (Lipinski definition) is 1. The Kier molecular flexibility index (Phi) is 5.68. The van der Waals surface area contributed by atoms with Crippen molar-refractivity contribution in [2.24, 2.45) is 5.41 Å². The van der Waals surface area contributed by atoms with Gasteiger partial charge in [-0.25, -0.2) is 0 Å². The van der Waals surface area contributed by atoms with E-state index in [1.54, 1.807) is 0 Å². The highest BCUT2D eigenvalue weighted by Gasteiger charge is 2.13. The molecule has 2 heteroatoms. The fourth-order valence-corrected chi connectivity index (χ4v) is 2.27. The van der Waals surface area contributed by atoms with Crippen molar-refractivity contribution < 1.29 is 0 Å². The maximum Gasteiger partial charge on any atom is 0.0317 e. The molecule has 0 aliphatic carbocycles. The third kappa shape index (κ3) is 5.69. The van der Waals surface area contributed by atoms with Gasteiger partial charge in [-0.1, -0.05) is 55.3 Å². The van der Waals surface area contributed by atoms with Gasteiger partial charge < -0.3 is 5.32 Å². The summed E-state index contributed by atoms with van der Waals surface area (Å²) in [7, 11) is 2.05. The molecule has 1 N–H and O–H groups in total. The van der Waals surface area contributed by atoms with Gasteiger partial charge in [-0.05, 0) is 43.0 Å². The van der Waals surface area contributed by atoms with Crippen LogP contribution in [-0.4, -0.2) is 7.05 Å². The van der Waals surface area contributed by atoms with Crippen molar-refractivity contribution in [1.29, 1.82) is 0 Å². The van der Waals surface area contributed by atoms with Gasteiger partial charge in [0.1, 0.15) is 0 Å². The Labute approximate surface area is 114 Å². The Balaban J connectivity index is 2.51. The molecule has 96 valence electrons. The lowest BCUT2D eigenvalue weighted by atomic mass is 9.88. The fourth-order valence-electron chi connectivity index (χ4n) is 2.01. The second-order valence-corrected chi connectivity index (χ2v) is 6.76. The van der Waals surface area contributed by atoms with E-state index in [-0.39, 0.29) is 0 Å². The van der Waals surface area contributed by atoms with Gasteiger partial charge in [0.2, 0.25) is 0 Å². The zero-order valence-electron chi connectivity index (χ0n) is 11.4. The average molecular weight is 298 g/mol. The van der Waals surface area contributed by atoms with Crippen LogP contribution in [0, 0.1) is 5.41 Å². The summed E-state index contributed by atoms with van der Waals surface area (Å²) >= 11 is 3.47. The van der Waals surface area contributed by atoms with E-state index in [0.717, 1.165) is 4.47 Å². The summed E-state index contributed by atoms with van der Waals surface area (Å²) in [6, 6.07) is 9.10. The summed E-state index contributed by atoms with van der Waals surface area (Å²) in [4.78, 5) is 0. The van der Waals surface area contributed by atoms with Gasteiger partial charge >= 0.3 is 0 Å². The van der Waals surface area contributed by atoms with Gasteiger partial charge in [0.15, 0.2) is 0 Å². The van der Waals surface area contributed by atoms with E-state index in [1.807, 2.05) is 7.05 Å². The van der Waals surface area contributed by atoms with Crippen molar-refractivity contribution in [3.8, 4) is 0 Å². The largest absolute Gasteiger partial charge is 0.313 e. The van der Waals surface area contributed by atoms with Crippen LogP contribution in [0.5, 0.6) is 0 Å². The van der Waals surface area contributed by atoms with Gasteiger partial charge in [0.05, 0.1) is 0 Å². The van der Waals surface area contributed by atoms with Gasteiger partial charge in [-0.15, -0.1) is 0 Å². The van der Waals surface area contributed by atoms with E-state index < -0.39 is 0 Å². The van der Waals surface area contributed by atoms with Crippen molar-refractivity contribution in [2.45, 2.75) is 46.1 Å². The average Bonchev–Trinajstić information content (AvgIpc) is 2.24. The van der Waals surface area contributed by atoms with Crippen molar-refractivity contribution in [3.63, 3.8) is 0 Å². The standard InChI is InChI=1S/C15H24BrN/c1-15(2,3)11-5-6-14(17-4)12-7-9-13(16)10-8-12/h7-10,14,17H,5-6,11H2,1-4H3. The monoisotopic (exact) mass is 297 g/mol. The Morgan fingerprint density at radius 3 is 2.24 bits per heavy atom. The minimum absolute atomic E-state index is 0.442. The van der Waals surface area contributed by atoms with Crippen LogP contribution >= 0.6 is 15.9 Å². The van der Waals surface area contributed by atoms with E-state index >= 15 is 0 Å². The number of halogens is 1. The van der Waals surface area contributed by atoms with Crippen LogP contribution < -0.4 is 5.32 Å². The van der Waals surface area contributed by atoms with Crippen LogP contribution in [0.2, 0.25) is 0 Å². The molecule has 1 rings (SSSR count). The molecule has 0 amide bonds. The first-order valence-electron chi connectivity index (χ1n) is 6.35. The zero-order valence-corrected chi connectivity index (χ0v) is 13.0. The molecule has 0 bridgehead atoms. The molecule has 1 aromatic rings.